The predicted octanol–water partition coefficient (Wildman–Crippen LogP) is 3.58. The smallest absolute Gasteiger partial charge is 0.240 e. The summed E-state index contributed by atoms with van der Waals surface area (Å²) in [4.78, 5) is 12.0. The van der Waals surface area contributed by atoms with Gasteiger partial charge in [0.2, 0.25) is 15.9 Å². The van der Waals surface area contributed by atoms with Gasteiger partial charge >= 0.3 is 0 Å². The number of halogens is 1. The number of hydrogen-bond acceptors (Lipinski definition) is 3. The first-order chi connectivity index (χ1) is 11.8. The minimum absolute atomic E-state index is 0.0306. The van der Waals surface area contributed by atoms with Crippen molar-refractivity contribution in [2.45, 2.75) is 31.2 Å². The number of benzene rings is 2. The van der Waals surface area contributed by atoms with E-state index < -0.39 is 10.0 Å². The lowest BCUT2D eigenvalue weighted by Gasteiger charge is -2.10. The number of nitrogens with one attached hydrogen (secondary N) is 2. The van der Waals surface area contributed by atoms with Crippen LogP contribution in [0.1, 0.15) is 24.0 Å². The Morgan fingerprint density at radius 2 is 1.96 bits per heavy atom. The summed E-state index contributed by atoms with van der Waals surface area (Å²) in [5.74, 6) is 0.158. The minimum Gasteiger partial charge on any atom is -0.326 e. The minimum atomic E-state index is -3.60. The summed E-state index contributed by atoms with van der Waals surface area (Å²) in [5.41, 5.74) is 2.33. The van der Waals surface area contributed by atoms with E-state index in [1.54, 1.807) is 36.4 Å². The lowest BCUT2D eigenvalue weighted by molar-refractivity contribution is -0.117. The summed E-state index contributed by atoms with van der Waals surface area (Å²) in [7, 11) is -3.60. The molecular weight excluding hydrogens is 404 g/mol. The maximum absolute atomic E-state index is 12.4. The molecule has 0 aromatic heterocycles. The van der Waals surface area contributed by atoms with Gasteiger partial charge in [-0.1, -0.05) is 28.1 Å². The number of anilines is 1. The lowest BCUT2D eigenvalue weighted by Crippen LogP contribution is -2.23. The number of hydrogen-bond donors (Lipinski definition) is 2. The fraction of sp³-hybridized carbons (Fsp3) is 0.278. The van der Waals surface area contributed by atoms with Crippen LogP contribution in [0.25, 0.3) is 0 Å². The highest BCUT2D eigenvalue weighted by Crippen LogP contribution is 2.30. The fourth-order valence-corrected chi connectivity index (χ4v) is 3.74. The normalized spacial score (nSPS) is 14.3. The van der Waals surface area contributed by atoms with Crippen LogP contribution in [0.2, 0.25) is 0 Å². The van der Waals surface area contributed by atoms with Gasteiger partial charge in [-0.05, 0) is 61.2 Å². The molecule has 1 aliphatic rings. The molecule has 3 rings (SSSR count). The van der Waals surface area contributed by atoms with Crippen LogP contribution in [0, 0.1) is 12.8 Å². The highest BCUT2D eigenvalue weighted by molar-refractivity contribution is 9.10. The van der Waals surface area contributed by atoms with E-state index in [9.17, 15) is 13.2 Å². The molecule has 0 aliphatic heterocycles. The van der Waals surface area contributed by atoms with Crippen LogP contribution in [0.5, 0.6) is 0 Å². The summed E-state index contributed by atoms with van der Waals surface area (Å²) < 4.78 is 28.3. The van der Waals surface area contributed by atoms with Crippen molar-refractivity contribution in [3.63, 3.8) is 0 Å². The van der Waals surface area contributed by atoms with Crippen molar-refractivity contribution in [3.8, 4) is 0 Å². The number of rotatable bonds is 6. The molecule has 132 valence electrons. The molecule has 2 N–H and O–H groups in total. The molecule has 0 unspecified atom stereocenters. The second-order valence-corrected chi connectivity index (χ2v) is 8.82. The average molecular weight is 423 g/mol. The summed E-state index contributed by atoms with van der Waals surface area (Å²) >= 11 is 3.36. The molecule has 0 radical (unpaired) electrons. The van der Waals surface area contributed by atoms with Gasteiger partial charge in [0.15, 0.2) is 0 Å². The molecule has 0 bridgehead atoms. The first-order valence-corrected chi connectivity index (χ1v) is 10.3. The molecule has 1 saturated carbocycles. The van der Waals surface area contributed by atoms with Crippen LogP contribution >= 0.6 is 15.9 Å². The topological polar surface area (TPSA) is 75.3 Å². The Kier molecular flexibility index (Phi) is 5.27. The Hall–Kier alpha value is -1.70. The van der Waals surface area contributed by atoms with Gasteiger partial charge in [0.05, 0.1) is 4.90 Å². The van der Waals surface area contributed by atoms with Crippen LogP contribution in [0.3, 0.4) is 0 Å². The van der Waals surface area contributed by atoms with Crippen molar-refractivity contribution >= 4 is 37.5 Å². The number of amides is 1. The first-order valence-electron chi connectivity index (χ1n) is 8.01. The van der Waals surface area contributed by atoms with Crippen molar-refractivity contribution in [2.75, 3.05) is 5.32 Å². The molecule has 0 saturated heterocycles. The van der Waals surface area contributed by atoms with Crippen molar-refractivity contribution < 1.29 is 13.2 Å². The van der Waals surface area contributed by atoms with E-state index in [1.807, 2.05) is 13.0 Å². The standard InChI is InChI=1S/C18H19BrN2O3S/c1-12-9-16(7-8-17(12)19)25(23,24)20-11-13-3-2-4-15(10-13)21-18(22)14-5-6-14/h2-4,7-10,14,20H,5-6,11H2,1H3,(H,21,22). The summed E-state index contributed by atoms with van der Waals surface area (Å²) in [6.07, 6.45) is 1.88. The Balaban J connectivity index is 1.67. The Morgan fingerprint density at radius 1 is 1.20 bits per heavy atom. The van der Waals surface area contributed by atoms with Crippen molar-refractivity contribution in [3.05, 3.63) is 58.1 Å². The van der Waals surface area contributed by atoms with Crippen LogP contribution in [-0.4, -0.2) is 14.3 Å². The highest BCUT2D eigenvalue weighted by atomic mass is 79.9. The predicted molar refractivity (Wildman–Crippen MR) is 101 cm³/mol. The van der Waals surface area contributed by atoms with E-state index in [2.05, 4.69) is 26.0 Å². The van der Waals surface area contributed by atoms with E-state index >= 15 is 0 Å². The quantitative estimate of drug-likeness (QED) is 0.746. The lowest BCUT2D eigenvalue weighted by atomic mass is 10.2. The molecule has 2 aromatic carbocycles. The molecule has 0 atom stereocenters. The Bertz CT molecular complexity index is 908. The van der Waals surface area contributed by atoms with Gasteiger partial charge in [-0.25, -0.2) is 13.1 Å². The number of aryl methyl sites for hydroxylation is 1. The Labute approximate surface area is 156 Å². The van der Waals surface area contributed by atoms with Gasteiger partial charge in [0.25, 0.3) is 0 Å². The number of carbonyl (C=O) groups is 1. The van der Waals surface area contributed by atoms with E-state index in [0.29, 0.717) is 5.69 Å². The molecule has 0 heterocycles. The molecule has 0 spiro atoms. The maximum Gasteiger partial charge on any atom is 0.240 e. The van der Waals surface area contributed by atoms with E-state index in [-0.39, 0.29) is 23.3 Å². The zero-order chi connectivity index (χ0) is 18.0. The maximum atomic E-state index is 12.4. The van der Waals surface area contributed by atoms with E-state index in [0.717, 1.165) is 28.4 Å². The van der Waals surface area contributed by atoms with Crippen LogP contribution in [0.15, 0.2) is 51.8 Å². The van der Waals surface area contributed by atoms with Crippen molar-refractivity contribution in [2.24, 2.45) is 5.92 Å². The molecule has 1 amide bonds. The molecular formula is C18H19BrN2O3S. The van der Waals surface area contributed by atoms with E-state index in [4.69, 9.17) is 0 Å². The second kappa shape index (κ2) is 7.27. The van der Waals surface area contributed by atoms with Crippen LogP contribution in [0.4, 0.5) is 5.69 Å². The molecule has 25 heavy (non-hydrogen) atoms. The van der Waals surface area contributed by atoms with Gasteiger partial charge in [-0.3, -0.25) is 4.79 Å². The molecule has 7 heteroatoms. The summed E-state index contributed by atoms with van der Waals surface area (Å²) in [6.45, 7) is 2.00. The van der Waals surface area contributed by atoms with Gasteiger partial charge in [0, 0.05) is 22.6 Å². The largest absolute Gasteiger partial charge is 0.326 e. The summed E-state index contributed by atoms with van der Waals surface area (Å²) in [5, 5.41) is 2.87. The van der Waals surface area contributed by atoms with Crippen molar-refractivity contribution in [1.29, 1.82) is 0 Å². The zero-order valence-corrected chi connectivity index (χ0v) is 16.2. The SMILES string of the molecule is Cc1cc(S(=O)(=O)NCc2cccc(NC(=O)C3CC3)c2)ccc1Br. The first kappa shape index (κ1) is 18.1. The van der Waals surface area contributed by atoms with Gasteiger partial charge in [-0.15, -0.1) is 0 Å². The summed E-state index contributed by atoms with van der Waals surface area (Å²) in [6, 6.07) is 12.1. The third-order valence-electron chi connectivity index (χ3n) is 4.05. The molecule has 1 aliphatic carbocycles. The molecule has 1 fully saturated rings. The zero-order valence-electron chi connectivity index (χ0n) is 13.8. The Morgan fingerprint density at radius 3 is 2.64 bits per heavy atom. The van der Waals surface area contributed by atoms with Crippen LogP contribution < -0.4 is 10.0 Å². The fourth-order valence-electron chi connectivity index (χ4n) is 2.39. The van der Waals surface area contributed by atoms with Crippen LogP contribution in [-0.2, 0) is 21.4 Å². The van der Waals surface area contributed by atoms with E-state index in [1.165, 1.54) is 0 Å². The van der Waals surface area contributed by atoms with Crippen molar-refractivity contribution in [1.82, 2.24) is 4.72 Å². The van der Waals surface area contributed by atoms with Gasteiger partial charge in [-0.2, -0.15) is 0 Å². The van der Waals surface area contributed by atoms with Gasteiger partial charge in [0.1, 0.15) is 0 Å². The monoisotopic (exact) mass is 422 g/mol. The second-order valence-electron chi connectivity index (χ2n) is 6.20. The number of carbonyl (C=O) groups excluding carboxylic acids is 1. The highest BCUT2D eigenvalue weighted by Gasteiger charge is 2.29. The van der Waals surface area contributed by atoms with Gasteiger partial charge < -0.3 is 5.32 Å². The number of sulfonamides is 1. The molecule has 2 aromatic rings. The average Bonchev–Trinajstić information content (AvgIpc) is 3.41. The molecule has 5 nitrogen and oxygen atoms in total. The third kappa shape index (κ3) is 4.68. The third-order valence-corrected chi connectivity index (χ3v) is 6.34.